The number of carbonyl (C=O) groups is 1. The minimum Gasteiger partial charge on any atom is -0.322 e. The summed E-state index contributed by atoms with van der Waals surface area (Å²) in [6.45, 7) is -0.466. The zero-order chi connectivity index (χ0) is 20.4. The predicted octanol–water partition coefficient (Wildman–Crippen LogP) is 2.96. The maximum atomic E-state index is 13.7. The molecular formula is C19H13F2N5O2S. The van der Waals surface area contributed by atoms with Gasteiger partial charge in [-0.15, -0.1) is 5.10 Å². The van der Waals surface area contributed by atoms with Gasteiger partial charge in [-0.2, -0.15) is 0 Å². The van der Waals surface area contributed by atoms with Crippen LogP contribution in [0.3, 0.4) is 0 Å². The van der Waals surface area contributed by atoms with Crippen molar-refractivity contribution >= 4 is 29.0 Å². The van der Waals surface area contributed by atoms with Gasteiger partial charge >= 0.3 is 5.69 Å². The lowest BCUT2D eigenvalue weighted by atomic mass is 10.3. The summed E-state index contributed by atoms with van der Waals surface area (Å²) in [5.41, 5.74) is -0.572. The molecule has 29 heavy (non-hydrogen) atoms. The van der Waals surface area contributed by atoms with Gasteiger partial charge < -0.3 is 5.32 Å². The van der Waals surface area contributed by atoms with Gasteiger partial charge in [0.2, 0.25) is 5.91 Å². The number of hydrogen-bond donors (Lipinski definition) is 1. The molecule has 2 aromatic heterocycles. The number of benzene rings is 2. The van der Waals surface area contributed by atoms with Gasteiger partial charge in [-0.3, -0.25) is 4.79 Å². The first-order valence-corrected chi connectivity index (χ1v) is 9.25. The molecular weight excluding hydrogens is 400 g/mol. The normalized spacial score (nSPS) is 11.0. The Kier molecular flexibility index (Phi) is 5.09. The molecule has 2 heterocycles. The maximum absolute atomic E-state index is 13.7. The van der Waals surface area contributed by atoms with E-state index < -0.39 is 29.8 Å². The van der Waals surface area contributed by atoms with Gasteiger partial charge in [-0.1, -0.05) is 30.0 Å². The van der Waals surface area contributed by atoms with Crippen molar-refractivity contribution in [3.8, 4) is 0 Å². The molecule has 0 saturated carbocycles. The number of fused-ring (bicyclic) bond motifs is 1. The highest BCUT2D eigenvalue weighted by Crippen LogP contribution is 2.27. The highest BCUT2D eigenvalue weighted by Gasteiger charge is 2.16. The molecule has 7 nitrogen and oxygen atoms in total. The fourth-order valence-electron chi connectivity index (χ4n) is 2.62. The summed E-state index contributed by atoms with van der Waals surface area (Å²) in [6.07, 6.45) is 2.91. The lowest BCUT2D eigenvalue weighted by Gasteiger charge is -2.05. The highest BCUT2D eigenvalue weighted by molar-refractivity contribution is 7.99. The average Bonchev–Trinajstić information content (AvgIpc) is 3.02. The number of nitrogens with one attached hydrogen (secondary N) is 1. The molecule has 0 unspecified atom stereocenters. The van der Waals surface area contributed by atoms with Crippen molar-refractivity contribution in [3.05, 3.63) is 83.0 Å². The van der Waals surface area contributed by atoms with Crippen LogP contribution in [0.4, 0.5) is 14.5 Å². The summed E-state index contributed by atoms with van der Waals surface area (Å²) in [5, 5.41) is 6.92. The monoisotopic (exact) mass is 413 g/mol. The third kappa shape index (κ3) is 4.02. The van der Waals surface area contributed by atoms with Gasteiger partial charge in [0.1, 0.15) is 23.2 Å². The van der Waals surface area contributed by atoms with Crippen LogP contribution in [0.15, 0.2) is 75.6 Å². The van der Waals surface area contributed by atoms with E-state index in [-0.39, 0.29) is 11.3 Å². The Morgan fingerprint density at radius 2 is 1.93 bits per heavy atom. The van der Waals surface area contributed by atoms with E-state index in [1.54, 1.807) is 0 Å². The standard InChI is InChI=1S/C19H13F2N5O2S/c20-12-6-7-14(21)15(10-12)23-16(27)11-26-19(28)25-9-8-22-18(17(25)24-26)29-13-4-2-1-3-5-13/h1-10H,11H2,(H,23,27). The zero-order valence-electron chi connectivity index (χ0n) is 14.8. The summed E-state index contributed by atoms with van der Waals surface area (Å²) in [4.78, 5) is 29.9. The second-order valence-corrected chi connectivity index (χ2v) is 7.02. The molecule has 0 bridgehead atoms. The third-order valence-electron chi connectivity index (χ3n) is 3.92. The first kappa shape index (κ1) is 18.8. The Labute approximate surface area is 167 Å². The number of hydrogen-bond acceptors (Lipinski definition) is 5. The maximum Gasteiger partial charge on any atom is 0.350 e. The Morgan fingerprint density at radius 3 is 2.72 bits per heavy atom. The van der Waals surface area contributed by atoms with Gasteiger partial charge in [0.25, 0.3) is 0 Å². The molecule has 2 aromatic carbocycles. The van der Waals surface area contributed by atoms with Crippen LogP contribution in [-0.4, -0.2) is 25.1 Å². The topological polar surface area (TPSA) is 81.3 Å². The second-order valence-electron chi connectivity index (χ2n) is 5.95. The first-order valence-electron chi connectivity index (χ1n) is 8.43. The smallest absolute Gasteiger partial charge is 0.322 e. The van der Waals surface area contributed by atoms with Crippen LogP contribution in [-0.2, 0) is 11.3 Å². The van der Waals surface area contributed by atoms with E-state index in [0.717, 1.165) is 27.8 Å². The Morgan fingerprint density at radius 1 is 1.14 bits per heavy atom. The summed E-state index contributed by atoms with van der Waals surface area (Å²) in [7, 11) is 0. The van der Waals surface area contributed by atoms with Crippen LogP contribution >= 0.6 is 11.8 Å². The zero-order valence-corrected chi connectivity index (χ0v) is 15.6. The molecule has 4 rings (SSSR count). The SMILES string of the molecule is O=C(Cn1nc2c(Sc3ccccc3)nccn2c1=O)Nc1cc(F)ccc1F. The van der Waals surface area contributed by atoms with Gasteiger partial charge in [0.05, 0.1) is 5.69 Å². The molecule has 0 saturated heterocycles. The Hall–Kier alpha value is -3.53. The lowest BCUT2D eigenvalue weighted by Crippen LogP contribution is -2.28. The van der Waals surface area contributed by atoms with Crippen LogP contribution in [0.2, 0.25) is 0 Å². The Bertz CT molecular complexity index is 1260. The molecule has 0 spiro atoms. The van der Waals surface area contributed by atoms with E-state index >= 15 is 0 Å². The van der Waals surface area contributed by atoms with Gasteiger partial charge in [0, 0.05) is 23.4 Å². The number of halogens is 2. The quantitative estimate of drug-likeness (QED) is 0.544. The molecule has 0 fully saturated rings. The number of anilines is 1. The first-order chi connectivity index (χ1) is 14.0. The second kappa shape index (κ2) is 7.84. The fraction of sp³-hybridized carbons (Fsp3) is 0.0526. The van der Waals surface area contributed by atoms with Gasteiger partial charge in [-0.05, 0) is 24.3 Å². The third-order valence-corrected chi connectivity index (χ3v) is 4.91. The van der Waals surface area contributed by atoms with Gasteiger partial charge in [0.15, 0.2) is 5.65 Å². The van der Waals surface area contributed by atoms with E-state index in [1.165, 1.54) is 28.6 Å². The highest BCUT2D eigenvalue weighted by atomic mass is 32.2. The number of nitrogens with zero attached hydrogens (tertiary/aromatic N) is 4. The summed E-state index contributed by atoms with van der Waals surface area (Å²) in [6, 6.07) is 12.1. The summed E-state index contributed by atoms with van der Waals surface area (Å²) in [5.74, 6) is -2.20. The van der Waals surface area contributed by atoms with E-state index in [1.807, 2.05) is 30.3 Å². The fourth-order valence-corrected chi connectivity index (χ4v) is 3.48. The van der Waals surface area contributed by atoms with E-state index in [0.29, 0.717) is 5.03 Å². The van der Waals surface area contributed by atoms with Crippen molar-refractivity contribution in [2.24, 2.45) is 0 Å². The van der Waals surface area contributed by atoms with Crippen LogP contribution in [0, 0.1) is 11.6 Å². The van der Waals surface area contributed by atoms with Crippen molar-refractivity contribution < 1.29 is 13.6 Å². The molecule has 4 aromatic rings. The van der Waals surface area contributed by atoms with Crippen LogP contribution in [0.1, 0.15) is 0 Å². The number of amides is 1. The number of rotatable bonds is 5. The van der Waals surface area contributed by atoms with Crippen LogP contribution < -0.4 is 11.0 Å². The lowest BCUT2D eigenvalue weighted by molar-refractivity contribution is -0.117. The summed E-state index contributed by atoms with van der Waals surface area (Å²) >= 11 is 1.33. The largest absolute Gasteiger partial charge is 0.350 e. The molecule has 0 aliphatic heterocycles. The van der Waals surface area contributed by atoms with Crippen molar-refractivity contribution in [2.45, 2.75) is 16.5 Å². The molecule has 1 N–H and O–H groups in total. The molecule has 0 aliphatic rings. The van der Waals surface area contributed by atoms with E-state index in [9.17, 15) is 18.4 Å². The Balaban J connectivity index is 1.60. The van der Waals surface area contributed by atoms with Crippen LogP contribution in [0.25, 0.3) is 5.65 Å². The molecule has 1 amide bonds. The summed E-state index contributed by atoms with van der Waals surface area (Å²) < 4.78 is 29.2. The molecule has 0 radical (unpaired) electrons. The average molecular weight is 413 g/mol. The minimum atomic E-state index is -0.784. The van der Waals surface area contributed by atoms with Crippen molar-refractivity contribution in [3.63, 3.8) is 0 Å². The molecule has 0 atom stereocenters. The molecule has 10 heteroatoms. The van der Waals surface area contributed by atoms with Crippen molar-refractivity contribution in [2.75, 3.05) is 5.32 Å². The molecule has 0 aliphatic carbocycles. The van der Waals surface area contributed by atoms with E-state index in [4.69, 9.17) is 0 Å². The predicted molar refractivity (Wildman–Crippen MR) is 103 cm³/mol. The minimum absolute atomic E-state index is 0.288. The molecule has 146 valence electrons. The van der Waals surface area contributed by atoms with Gasteiger partial charge in [-0.25, -0.2) is 27.6 Å². The van der Waals surface area contributed by atoms with Crippen molar-refractivity contribution in [1.29, 1.82) is 0 Å². The number of carbonyl (C=O) groups excluding carboxylic acids is 1. The number of aromatic nitrogens is 4. The van der Waals surface area contributed by atoms with E-state index in [2.05, 4.69) is 15.4 Å². The van der Waals surface area contributed by atoms with Crippen LogP contribution in [0.5, 0.6) is 0 Å². The van der Waals surface area contributed by atoms with Crippen molar-refractivity contribution in [1.82, 2.24) is 19.2 Å².